The number of aliphatic imine (C=N–C) groups is 1. The second-order valence-electron chi connectivity index (χ2n) is 8.80. The number of likely N-dealkylation sites (tertiary alicyclic amines) is 2. The van der Waals surface area contributed by atoms with E-state index in [1.165, 1.54) is 36.5 Å². The largest absolute Gasteiger partial charge is 0.337 e. The highest BCUT2D eigenvalue weighted by molar-refractivity contribution is 7.13. The number of hydrogen-bond acceptors (Lipinski definition) is 6. The van der Waals surface area contributed by atoms with E-state index < -0.39 is 0 Å². The first kappa shape index (κ1) is 20.1. The fourth-order valence-electron chi connectivity index (χ4n) is 5.04. The van der Waals surface area contributed by atoms with Crippen molar-refractivity contribution in [1.29, 1.82) is 0 Å². The molecule has 0 spiro atoms. The lowest BCUT2D eigenvalue weighted by Crippen LogP contribution is -2.47. The summed E-state index contributed by atoms with van der Waals surface area (Å²) in [6.45, 7) is 6.71. The predicted molar refractivity (Wildman–Crippen MR) is 122 cm³/mol. The van der Waals surface area contributed by atoms with Crippen molar-refractivity contribution in [2.24, 2.45) is 4.99 Å². The summed E-state index contributed by atoms with van der Waals surface area (Å²) in [7, 11) is 0. The molecular formula is C23H31N5OS. The highest BCUT2D eigenvalue weighted by Crippen LogP contribution is 2.30. The maximum Gasteiger partial charge on any atom is 0.237 e. The Morgan fingerprint density at radius 3 is 2.93 bits per heavy atom. The zero-order chi connectivity index (χ0) is 20.3. The molecule has 1 atom stereocenters. The van der Waals surface area contributed by atoms with E-state index in [0.29, 0.717) is 18.5 Å². The number of fused-ring (bicyclic) bond motifs is 1. The van der Waals surface area contributed by atoms with Crippen LogP contribution < -0.4 is 0 Å². The molecular weight excluding hydrogens is 394 g/mol. The van der Waals surface area contributed by atoms with Gasteiger partial charge in [0.25, 0.3) is 0 Å². The summed E-state index contributed by atoms with van der Waals surface area (Å²) in [6, 6.07) is 0.418. The lowest BCUT2D eigenvalue weighted by atomic mass is 10.1. The van der Waals surface area contributed by atoms with Crippen LogP contribution in [0.4, 0.5) is 0 Å². The smallest absolute Gasteiger partial charge is 0.237 e. The molecule has 0 aliphatic carbocycles. The lowest BCUT2D eigenvalue weighted by molar-refractivity contribution is -0.133. The normalized spacial score (nSPS) is 24.9. The molecule has 5 rings (SSSR count). The molecule has 0 N–H and O–H groups in total. The molecule has 7 heteroatoms. The van der Waals surface area contributed by atoms with Crippen LogP contribution in [-0.2, 0) is 17.8 Å². The Morgan fingerprint density at radius 1 is 1.13 bits per heavy atom. The minimum atomic E-state index is 0.314. The molecule has 1 aromatic rings. The molecule has 0 saturated carbocycles. The first-order chi connectivity index (χ1) is 14.8. The number of aromatic nitrogens is 1. The van der Waals surface area contributed by atoms with Crippen LogP contribution in [0.15, 0.2) is 23.3 Å². The molecule has 2 saturated heterocycles. The van der Waals surface area contributed by atoms with Crippen molar-refractivity contribution in [3.63, 3.8) is 0 Å². The number of hydrogen-bond donors (Lipinski definition) is 0. The summed E-state index contributed by atoms with van der Waals surface area (Å²) in [5, 5.41) is 1.06. The van der Waals surface area contributed by atoms with E-state index in [4.69, 9.17) is 4.98 Å². The quantitative estimate of drug-likeness (QED) is 0.728. The van der Waals surface area contributed by atoms with Gasteiger partial charge in [0.2, 0.25) is 5.91 Å². The van der Waals surface area contributed by atoms with E-state index in [0.717, 1.165) is 62.4 Å². The maximum atomic E-state index is 13.1. The van der Waals surface area contributed by atoms with Gasteiger partial charge in [0.15, 0.2) is 0 Å². The van der Waals surface area contributed by atoms with Crippen molar-refractivity contribution >= 4 is 29.0 Å². The lowest BCUT2D eigenvalue weighted by Gasteiger charge is -2.32. The second kappa shape index (κ2) is 9.12. The Labute approximate surface area is 183 Å². The van der Waals surface area contributed by atoms with Crippen LogP contribution >= 0.6 is 11.3 Å². The third kappa shape index (κ3) is 4.43. The van der Waals surface area contributed by atoms with Crippen LogP contribution in [0.3, 0.4) is 0 Å². The van der Waals surface area contributed by atoms with Gasteiger partial charge in [-0.25, -0.2) is 4.98 Å². The van der Waals surface area contributed by atoms with Crippen molar-refractivity contribution in [3.8, 4) is 0 Å². The zero-order valence-corrected chi connectivity index (χ0v) is 18.4. The summed E-state index contributed by atoms with van der Waals surface area (Å²) in [4.78, 5) is 30.6. The third-order valence-corrected chi connectivity index (χ3v) is 7.79. The molecule has 1 amide bonds. The van der Waals surface area contributed by atoms with Crippen LogP contribution in [0.5, 0.6) is 0 Å². The minimum absolute atomic E-state index is 0.314. The Morgan fingerprint density at radius 2 is 2.03 bits per heavy atom. The number of amides is 1. The number of allylic oxidation sites excluding steroid dienone is 3. The van der Waals surface area contributed by atoms with Gasteiger partial charge in [0, 0.05) is 61.5 Å². The topological polar surface area (TPSA) is 52.0 Å². The van der Waals surface area contributed by atoms with E-state index in [2.05, 4.69) is 31.8 Å². The van der Waals surface area contributed by atoms with Crippen LogP contribution in [0.25, 0.3) is 5.57 Å². The summed E-state index contributed by atoms with van der Waals surface area (Å²) in [6.07, 6.45) is 14.8. The van der Waals surface area contributed by atoms with E-state index in [9.17, 15) is 4.79 Å². The number of carbonyl (C=O) groups excluding carboxylic acids is 1. The van der Waals surface area contributed by atoms with Gasteiger partial charge in [-0.3, -0.25) is 14.7 Å². The van der Waals surface area contributed by atoms with Crippen molar-refractivity contribution < 1.29 is 4.79 Å². The molecule has 1 aromatic heterocycles. The number of thiazole rings is 1. The van der Waals surface area contributed by atoms with Crippen molar-refractivity contribution in [2.75, 3.05) is 39.3 Å². The Bertz CT molecular complexity index is 867. The molecule has 0 bridgehead atoms. The SMILES string of the molecule is O=C(CN1CCc2nc(C3=CCC=CN=C3)sc2C1)N1CCCC1CN1CCCC1. The maximum absolute atomic E-state index is 13.1. The average molecular weight is 426 g/mol. The zero-order valence-electron chi connectivity index (χ0n) is 17.6. The van der Waals surface area contributed by atoms with Gasteiger partial charge in [-0.1, -0.05) is 12.2 Å². The fraction of sp³-hybridized carbons (Fsp3) is 0.609. The van der Waals surface area contributed by atoms with Gasteiger partial charge in [0.05, 0.1) is 12.2 Å². The van der Waals surface area contributed by atoms with Gasteiger partial charge in [-0.15, -0.1) is 11.3 Å². The Hall–Kier alpha value is -1.83. The Balaban J connectivity index is 1.20. The molecule has 4 aliphatic rings. The third-order valence-electron chi connectivity index (χ3n) is 6.66. The molecule has 0 radical (unpaired) electrons. The molecule has 0 aromatic carbocycles. The van der Waals surface area contributed by atoms with E-state index in [1.807, 2.05) is 12.4 Å². The monoisotopic (exact) mass is 425 g/mol. The molecule has 5 heterocycles. The minimum Gasteiger partial charge on any atom is -0.337 e. The first-order valence-electron chi connectivity index (χ1n) is 11.4. The molecule has 2 fully saturated rings. The van der Waals surface area contributed by atoms with Crippen molar-refractivity contribution in [2.45, 2.75) is 51.1 Å². The van der Waals surface area contributed by atoms with Gasteiger partial charge in [0.1, 0.15) is 5.01 Å². The number of nitrogens with zero attached hydrogens (tertiary/aromatic N) is 5. The number of carbonyl (C=O) groups is 1. The molecule has 6 nitrogen and oxygen atoms in total. The van der Waals surface area contributed by atoms with Gasteiger partial charge < -0.3 is 9.80 Å². The summed E-state index contributed by atoms with van der Waals surface area (Å²) in [5.74, 6) is 0.314. The first-order valence-corrected chi connectivity index (χ1v) is 12.2. The highest BCUT2D eigenvalue weighted by atomic mass is 32.1. The van der Waals surface area contributed by atoms with E-state index >= 15 is 0 Å². The van der Waals surface area contributed by atoms with Gasteiger partial charge >= 0.3 is 0 Å². The summed E-state index contributed by atoms with van der Waals surface area (Å²) >= 11 is 1.76. The highest BCUT2D eigenvalue weighted by Gasteiger charge is 2.32. The predicted octanol–water partition coefficient (Wildman–Crippen LogP) is 2.96. The van der Waals surface area contributed by atoms with E-state index in [1.54, 1.807) is 11.3 Å². The second-order valence-corrected chi connectivity index (χ2v) is 9.88. The molecule has 4 aliphatic heterocycles. The standard InChI is InChI=1S/C23H31N5OS/c29-22(28-12-5-7-19(28)15-26-10-3-4-11-26)17-27-13-8-20-21(16-27)30-23(25-20)18-6-1-2-9-24-14-18/h2,6,9,14,19H,1,3-5,7-8,10-13,15-17H2. The van der Waals surface area contributed by atoms with Gasteiger partial charge in [-0.2, -0.15) is 0 Å². The number of rotatable bonds is 5. The van der Waals surface area contributed by atoms with Gasteiger partial charge in [-0.05, 0) is 45.2 Å². The van der Waals surface area contributed by atoms with E-state index in [-0.39, 0.29) is 0 Å². The Kier molecular flexibility index (Phi) is 6.11. The van der Waals surface area contributed by atoms with Crippen LogP contribution in [-0.4, -0.2) is 77.1 Å². The molecule has 160 valence electrons. The van der Waals surface area contributed by atoms with Crippen molar-refractivity contribution in [3.05, 3.63) is 33.9 Å². The van der Waals surface area contributed by atoms with Crippen molar-refractivity contribution in [1.82, 2.24) is 19.7 Å². The van der Waals surface area contributed by atoms with Crippen LogP contribution in [0, 0.1) is 0 Å². The summed E-state index contributed by atoms with van der Waals surface area (Å²) in [5.41, 5.74) is 2.32. The van der Waals surface area contributed by atoms with Crippen LogP contribution in [0.1, 0.15) is 47.7 Å². The molecule has 30 heavy (non-hydrogen) atoms. The summed E-state index contributed by atoms with van der Waals surface area (Å²) < 4.78 is 0. The molecule has 1 unspecified atom stereocenters. The average Bonchev–Trinajstić information content (AvgIpc) is 3.46. The fourth-order valence-corrected chi connectivity index (χ4v) is 6.20. The van der Waals surface area contributed by atoms with Crippen LogP contribution in [0.2, 0.25) is 0 Å².